The van der Waals surface area contributed by atoms with E-state index >= 15 is 0 Å². The average molecular weight is 412 g/mol. The first kappa shape index (κ1) is 20.7. The molecule has 3 rings (SSSR count). The van der Waals surface area contributed by atoms with Crippen molar-refractivity contribution in [2.45, 2.75) is 25.9 Å². The van der Waals surface area contributed by atoms with Gasteiger partial charge in [-0.3, -0.25) is 0 Å². The standard InChI is InChI=1S/C21H14F6O2/c1-2-3-11-4-6-15(16(22)8-11)20(28)29-13-5-7-14-12(9-13)10-17(23)18(19(14)24)21(25,26)27/h4-10H,2-3H2,1H3. The lowest BCUT2D eigenvalue weighted by molar-refractivity contribution is -0.142. The van der Waals surface area contributed by atoms with Gasteiger partial charge in [0.15, 0.2) is 0 Å². The van der Waals surface area contributed by atoms with Crippen molar-refractivity contribution in [3.8, 4) is 5.75 Å². The number of carbonyl (C=O) groups is 1. The molecule has 0 radical (unpaired) electrons. The van der Waals surface area contributed by atoms with Crippen LogP contribution < -0.4 is 4.74 Å². The Morgan fingerprint density at radius 1 is 0.966 bits per heavy atom. The van der Waals surface area contributed by atoms with Crippen molar-refractivity contribution < 1.29 is 35.9 Å². The maximum Gasteiger partial charge on any atom is 0.422 e. The second-order valence-electron chi connectivity index (χ2n) is 6.38. The third kappa shape index (κ3) is 4.21. The summed E-state index contributed by atoms with van der Waals surface area (Å²) in [6, 6.07) is 7.53. The van der Waals surface area contributed by atoms with Crippen LogP contribution >= 0.6 is 0 Å². The number of fused-ring (bicyclic) bond motifs is 1. The molecule has 0 fully saturated rings. The first-order chi connectivity index (χ1) is 13.6. The molecule has 0 aliphatic carbocycles. The number of alkyl halides is 3. The molecule has 3 aromatic rings. The van der Waals surface area contributed by atoms with E-state index in [0.717, 1.165) is 24.6 Å². The number of esters is 1. The topological polar surface area (TPSA) is 26.3 Å². The van der Waals surface area contributed by atoms with Crippen molar-refractivity contribution in [1.29, 1.82) is 0 Å². The van der Waals surface area contributed by atoms with Crippen molar-refractivity contribution in [2.75, 3.05) is 0 Å². The van der Waals surface area contributed by atoms with E-state index in [2.05, 4.69) is 0 Å². The molecule has 8 heteroatoms. The van der Waals surface area contributed by atoms with Crippen LogP contribution in [0, 0.1) is 17.5 Å². The van der Waals surface area contributed by atoms with Crippen LogP contribution in [0.15, 0.2) is 42.5 Å². The van der Waals surface area contributed by atoms with Crippen LogP contribution in [0.1, 0.15) is 34.8 Å². The molecule has 0 spiro atoms. The SMILES string of the molecule is CCCc1ccc(C(=O)Oc2ccc3c(F)c(C(F)(F)F)c(F)cc3c2)c(F)c1. The normalized spacial score (nSPS) is 11.7. The molecule has 3 aromatic carbocycles. The van der Waals surface area contributed by atoms with Crippen LogP contribution in [0.4, 0.5) is 26.3 Å². The molecule has 0 N–H and O–H groups in total. The number of halogens is 6. The first-order valence-electron chi connectivity index (χ1n) is 8.61. The van der Waals surface area contributed by atoms with Crippen molar-refractivity contribution in [3.63, 3.8) is 0 Å². The Labute approximate surface area is 161 Å². The molecule has 2 nitrogen and oxygen atoms in total. The lowest BCUT2D eigenvalue weighted by Crippen LogP contribution is -2.12. The van der Waals surface area contributed by atoms with E-state index in [1.54, 1.807) is 6.07 Å². The van der Waals surface area contributed by atoms with E-state index in [9.17, 15) is 31.1 Å². The molecule has 0 bridgehead atoms. The van der Waals surface area contributed by atoms with E-state index in [-0.39, 0.29) is 16.7 Å². The number of hydrogen-bond acceptors (Lipinski definition) is 2. The molecular weight excluding hydrogens is 398 g/mol. The van der Waals surface area contributed by atoms with Crippen LogP contribution in [-0.4, -0.2) is 5.97 Å². The maximum absolute atomic E-state index is 14.1. The van der Waals surface area contributed by atoms with Gasteiger partial charge in [0.2, 0.25) is 0 Å². The summed E-state index contributed by atoms with van der Waals surface area (Å²) >= 11 is 0. The van der Waals surface area contributed by atoms with Gasteiger partial charge in [-0.2, -0.15) is 13.2 Å². The van der Waals surface area contributed by atoms with E-state index in [1.807, 2.05) is 6.92 Å². The van der Waals surface area contributed by atoms with Crippen LogP contribution in [0.2, 0.25) is 0 Å². The molecule has 152 valence electrons. The van der Waals surface area contributed by atoms with Gasteiger partial charge >= 0.3 is 12.1 Å². The van der Waals surface area contributed by atoms with Crippen molar-refractivity contribution in [2.24, 2.45) is 0 Å². The second kappa shape index (κ2) is 7.77. The molecule has 0 aliphatic rings. The minimum Gasteiger partial charge on any atom is -0.423 e. The monoisotopic (exact) mass is 412 g/mol. The lowest BCUT2D eigenvalue weighted by atomic mass is 10.0. The highest BCUT2D eigenvalue weighted by atomic mass is 19.4. The summed E-state index contributed by atoms with van der Waals surface area (Å²) in [6.07, 6.45) is -3.77. The van der Waals surface area contributed by atoms with Crippen LogP contribution in [0.25, 0.3) is 10.8 Å². The Morgan fingerprint density at radius 3 is 2.31 bits per heavy atom. The Hall–Kier alpha value is -3.03. The molecule has 0 amide bonds. The highest BCUT2D eigenvalue weighted by molar-refractivity contribution is 5.92. The van der Waals surface area contributed by atoms with Gasteiger partial charge in [-0.1, -0.05) is 19.4 Å². The van der Waals surface area contributed by atoms with Crippen molar-refractivity contribution in [1.82, 2.24) is 0 Å². The Bertz CT molecular complexity index is 1090. The summed E-state index contributed by atoms with van der Waals surface area (Å²) in [5.41, 5.74) is -1.63. The number of ether oxygens (including phenoxy) is 1. The van der Waals surface area contributed by atoms with Gasteiger partial charge in [-0.25, -0.2) is 18.0 Å². The van der Waals surface area contributed by atoms with Gasteiger partial charge in [0, 0.05) is 5.39 Å². The number of carbonyl (C=O) groups excluding carboxylic acids is 1. The summed E-state index contributed by atoms with van der Waals surface area (Å²) in [4.78, 5) is 12.2. The third-order valence-electron chi connectivity index (χ3n) is 4.29. The number of hydrogen-bond donors (Lipinski definition) is 0. The minimum absolute atomic E-state index is 0.196. The fourth-order valence-electron chi connectivity index (χ4n) is 2.96. The van der Waals surface area contributed by atoms with E-state index in [1.165, 1.54) is 12.1 Å². The Kier molecular flexibility index (Phi) is 5.55. The smallest absolute Gasteiger partial charge is 0.422 e. The maximum atomic E-state index is 14.1. The summed E-state index contributed by atoms with van der Waals surface area (Å²) in [6.45, 7) is 1.92. The van der Waals surface area contributed by atoms with E-state index in [4.69, 9.17) is 4.74 Å². The molecule has 0 heterocycles. The Balaban J connectivity index is 1.92. The number of rotatable bonds is 4. The van der Waals surface area contributed by atoms with Crippen molar-refractivity contribution >= 4 is 16.7 Å². The molecule has 0 aromatic heterocycles. The van der Waals surface area contributed by atoms with Gasteiger partial charge in [0.1, 0.15) is 28.8 Å². The first-order valence-corrected chi connectivity index (χ1v) is 8.61. The molecule has 0 saturated carbocycles. The number of aryl methyl sites for hydroxylation is 1. The van der Waals surface area contributed by atoms with E-state index in [0.29, 0.717) is 18.1 Å². The van der Waals surface area contributed by atoms with Gasteiger partial charge in [0.05, 0.1) is 5.56 Å². The van der Waals surface area contributed by atoms with Gasteiger partial charge in [0.25, 0.3) is 0 Å². The summed E-state index contributed by atoms with van der Waals surface area (Å²) in [5, 5.41) is -0.731. The minimum atomic E-state index is -5.20. The third-order valence-corrected chi connectivity index (χ3v) is 4.29. The highest BCUT2D eigenvalue weighted by Gasteiger charge is 2.38. The summed E-state index contributed by atoms with van der Waals surface area (Å²) in [7, 11) is 0. The largest absolute Gasteiger partial charge is 0.423 e. The van der Waals surface area contributed by atoms with E-state index < -0.39 is 40.5 Å². The Morgan fingerprint density at radius 2 is 1.69 bits per heavy atom. The van der Waals surface area contributed by atoms with Crippen molar-refractivity contribution in [3.05, 3.63) is 76.6 Å². The zero-order chi connectivity index (χ0) is 21.3. The fourth-order valence-corrected chi connectivity index (χ4v) is 2.96. The molecular formula is C21H14F6O2. The molecule has 0 saturated heterocycles. The fraction of sp³-hybridized carbons (Fsp3) is 0.190. The van der Waals surface area contributed by atoms with Gasteiger partial charge < -0.3 is 4.74 Å². The van der Waals surface area contributed by atoms with Crippen LogP contribution in [0.5, 0.6) is 5.75 Å². The highest BCUT2D eigenvalue weighted by Crippen LogP contribution is 2.37. The van der Waals surface area contributed by atoms with Crippen LogP contribution in [0.3, 0.4) is 0 Å². The molecule has 0 unspecified atom stereocenters. The molecule has 0 atom stereocenters. The predicted molar refractivity (Wildman–Crippen MR) is 94.2 cm³/mol. The zero-order valence-corrected chi connectivity index (χ0v) is 15.0. The summed E-state index contributed by atoms with van der Waals surface area (Å²) in [5.74, 6) is -5.57. The predicted octanol–water partition coefficient (Wildman–Crippen LogP) is 6.45. The molecule has 29 heavy (non-hydrogen) atoms. The zero-order valence-electron chi connectivity index (χ0n) is 15.0. The van der Waals surface area contributed by atoms with Gasteiger partial charge in [-0.15, -0.1) is 0 Å². The summed E-state index contributed by atoms with van der Waals surface area (Å²) < 4.78 is 85.5. The van der Waals surface area contributed by atoms with Gasteiger partial charge in [-0.05, 0) is 53.8 Å². The average Bonchev–Trinajstić information content (AvgIpc) is 2.60. The lowest BCUT2D eigenvalue weighted by Gasteiger charge is -2.12. The quantitative estimate of drug-likeness (QED) is 0.280. The van der Waals surface area contributed by atoms with Crippen LogP contribution in [-0.2, 0) is 12.6 Å². The second-order valence-corrected chi connectivity index (χ2v) is 6.38. The molecule has 0 aliphatic heterocycles. The number of benzene rings is 3.